The summed E-state index contributed by atoms with van der Waals surface area (Å²) in [6.07, 6.45) is 3.75. The third-order valence-electron chi connectivity index (χ3n) is 7.18. The van der Waals surface area contributed by atoms with E-state index < -0.39 is 0 Å². The standard InChI is InChI=1S/C31H29N5O3/c1-38-25-13-11-24(12-14-25)36-20-27(22-7-4-3-5-8-22)28-29(32-21-33-30(28)36)34-15-17-35(18-16-34)31(37)23-9-6-10-26(19-23)39-2/h3-14,19-21H,15-18H2,1-2H3. The summed E-state index contributed by atoms with van der Waals surface area (Å²) in [6, 6.07) is 25.6. The number of piperazine rings is 1. The smallest absolute Gasteiger partial charge is 0.254 e. The van der Waals surface area contributed by atoms with E-state index >= 15 is 0 Å². The predicted octanol–water partition coefficient (Wildman–Crippen LogP) is 5.07. The van der Waals surface area contributed by atoms with Gasteiger partial charge in [0.05, 0.1) is 19.6 Å². The number of hydrogen-bond acceptors (Lipinski definition) is 6. The fraction of sp³-hybridized carbons (Fsp3) is 0.194. The van der Waals surface area contributed by atoms with E-state index in [1.54, 1.807) is 26.6 Å². The molecule has 0 bridgehead atoms. The van der Waals surface area contributed by atoms with Crippen LogP contribution in [0.3, 0.4) is 0 Å². The zero-order chi connectivity index (χ0) is 26.8. The monoisotopic (exact) mass is 519 g/mol. The molecule has 2 aromatic heterocycles. The molecule has 0 aliphatic carbocycles. The van der Waals surface area contributed by atoms with Gasteiger partial charge >= 0.3 is 0 Å². The second-order valence-corrected chi connectivity index (χ2v) is 9.38. The van der Waals surface area contributed by atoms with Gasteiger partial charge < -0.3 is 23.8 Å². The molecule has 0 spiro atoms. The van der Waals surface area contributed by atoms with Crippen molar-refractivity contribution >= 4 is 22.8 Å². The molecule has 0 N–H and O–H groups in total. The average molecular weight is 520 g/mol. The first-order valence-electron chi connectivity index (χ1n) is 12.9. The zero-order valence-corrected chi connectivity index (χ0v) is 21.9. The number of benzene rings is 3. The number of carbonyl (C=O) groups excluding carboxylic acids is 1. The molecule has 0 radical (unpaired) electrons. The van der Waals surface area contributed by atoms with Gasteiger partial charge in [0.25, 0.3) is 5.91 Å². The van der Waals surface area contributed by atoms with Gasteiger partial charge in [0.1, 0.15) is 23.6 Å². The Labute approximate surface area is 227 Å². The molecule has 0 unspecified atom stereocenters. The minimum absolute atomic E-state index is 0.0111. The summed E-state index contributed by atoms with van der Waals surface area (Å²) >= 11 is 0. The Morgan fingerprint density at radius 2 is 1.54 bits per heavy atom. The Bertz CT molecular complexity index is 1610. The Kier molecular flexibility index (Phi) is 6.59. The Morgan fingerprint density at radius 3 is 2.26 bits per heavy atom. The van der Waals surface area contributed by atoms with Crippen molar-refractivity contribution < 1.29 is 14.3 Å². The van der Waals surface area contributed by atoms with E-state index in [9.17, 15) is 4.79 Å². The Morgan fingerprint density at radius 1 is 0.795 bits per heavy atom. The maximum Gasteiger partial charge on any atom is 0.254 e. The van der Waals surface area contributed by atoms with Gasteiger partial charge in [-0.3, -0.25) is 4.79 Å². The molecule has 3 aromatic carbocycles. The highest BCUT2D eigenvalue weighted by Gasteiger charge is 2.26. The quantitative estimate of drug-likeness (QED) is 0.312. The molecule has 6 rings (SSSR count). The van der Waals surface area contributed by atoms with Gasteiger partial charge in [-0.1, -0.05) is 36.4 Å². The molecular formula is C31H29N5O3. The summed E-state index contributed by atoms with van der Waals surface area (Å²) in [5.41, 5.74) is 4.61. The normalized spacial score (nSPS) is 13.5. The second kappa shape index (κ2) is 10.5. The Hall–Kier alpha value is -4.85. The summed E-state index contributed by atoms with van der Waals surface area (Å²) in [6.45, 7) is 2.54. The number of aromatic nitrogens is 3. The van der Waals surface area contributed by atoms with Gasteiger partial charge in [-0.05, 0) is 48.0 Å². The number of ether oxygens (including phenoxy) is 2. The van der Waals surface area contributed by atoms with Crippen molar-refractivity contribution in [1.29, 1.82) is 0 Å². The molecule has 39 heavy (non-hydrogen) atoms. The van der Waals surface area contributed by atoms with Crippen molar-refractivity contribution in [2.45, 2.75) is 0 Å². The molecular weight excluding hydrogens is 490 g/mol. The topological polar surface area (TPSA) is 72.7 Å². The van der Waals surface area contributed by atoms with Crippen molar-refractivity contribution in [2.75, 3.05) is 45.3 Å². The summed E-state index contributed by atoms with van der Waals surface area (Å²) in [5, 5.41) is 0.993. The molecule has 1 saturated heterocycles. The number of nitrogens with zero attached hydrogens (tertiary/aromatic N) is 5. The highest BCUT2D eigenvalue weighted by atomic mass is 16.5. The fourth-order valence-electron chi connectivity index (χ4n) is 5.12. The molecule has 1 amide bonds. The third kappa shape index (κ3) is 4.65. The lowest BCUT2D eigenvalue weighted by Gasteiger charge is -2.35. The van der Waals surface area contributed by atoms with Gasteiger partial charge in [-0.25, -0.2) is 9.97 Å². The predicted molar refractivity (Wildman–Crippen MR) is 152 cm³/mol. The molecule has 5 aromatic rings. The van der Waals surface area contributed by atoms with Crippen molar-refractivity contribution in [3.63, 3.8) is 0 Å². The molecule has 0 atom stereocenters. The van der Waals surface area contributed by atoms with Gasteiger partial charge in [-0.2, -0.15) is 0 Å². The molecule has 3 heterocycles. The van der Waals surface area contributed by atoms with Crippen LogP contribution < -0.4 is 14.4 Å². The van der Waals surface area contributed by atoms with Crippen LogP contribution in [0.1, 0.15) is 10.4 Å². The number of anilines is 1. The first-order valence-corrected chi connectivity index (χ1v) is 12.9. The van der Waals surface area contributed by atoms with Crippen LogP contribution in [0, 0.1) is 0 Å². The van der Waals surface area contributed by atoms with Crippen LogP contribution in [-0.4, -0.2) is 65.7 Å². The Balaban J connectivity index is 1.35. The lowest BCUT2D eigenvalue weighted by atomic mass is 10.1. The maximum absolute atomic E-state index is 13.2. The van der Waals surface area contributed by atoms with Gasteiger partial charge in [0.15, 0.2) is 5.65 Å². The molecule has 8 heteroatoms. The summed E-state index contributed by atoms with van der Waals surface area (Å²) < 4.78 is 12.8. The summed E-state index contributed by atoms with van der Waals surface area (Å²) in [4.78, 5) is 26.8. The molecule has 0 saturated carbocycles. The number of methoxy groups -OCH3 is 2. The number of carbonyl (C=O) groups is 1. The average Bonchev–Trinajstić information content (AvgIpc) is 3.41. The van der Waals surface area contributed by atoms with E-state index in [0.717, 1.165) is 39.4 Å². The largest absolute Gasteiger partial charge is 0.497 e. The van der Waals surface area contributed by atoms with Crippen LogP contribution in [0.2, 0.25) is 0 Å². The van der Waals surface area contributed by atoms with Crippen molar-refractivity contribution in [2.24, 2.45) is 0 Å². The van der Waals surface area contributed by atoms with Crippen molar-refractivity contribution in [3.05, 3.63) is 97.0 Å². The molecule has 8 nitrogen and oxygen atoms in total. The number of amides is 1. The summed E-state index contributed by atoms with van der Waals surface area (Å²) in [7, 11) is 3.27. The summed E-state index contributed by atoms with van der Waals surface area (Å²) in [5.74, 6) is 2.37. The number of fused-ring (bicyclic) bond motifs is 1. The van der Waals surface area contributed by atoms with Crippen LogP contribution in [0.25, 0.3) is 27.8 Å². The first kappa shape index (κ1) is 24.5. The number of rotatable bonds is 6. The molecule has 196 valence electrons. The minimum Gasteiger partial charge on any atom is -0.497 e. The zero-order valence-electron chi connectivity index (χ0n) is 21.9. The van der Waals surface area contributed by atoms with Crippen molar-refractivity contribution in [3.8, 4) is 28.3 Å². The maximum atomic E-state index is 13.2. The van der Waals surface area contributed by atoms with Gasteiger partial charge in [0.2, 0.25) is 0 Å². The SMILES string of the molecule is COc1ccc(-n2cc(-c3ccccc3)c3c(N4CCN(C(=O)c5cccc(OC)c5)CC4)ncnc32)cc1. The van der Waals surface area contributed by atoms with E-state index in [-0.39, 0.29) is 5.91 Å². The van der Waals surface area contributed by atoms with E-state index in [4.69, 9.17) is 19.4 Å². The lowest BCUT2D eigenvalue weighted by Crippen LogP contribution is -2.49. The molecule has 1 fully saturated rings. The van der Waals surface area contributed by atoms with Gasteiger partial charge in [-0.15, -0.1) is 0 Å². The van der Waals surface area contributed by atoms with Crippen LogP contribution in [0.4, 0.5) is 5.82 Å². The minimum atomic E-state index is 0.0111. The van der Waals surface area contributed by atoms with Crippen LogP contribution >= 0.6 is 0 Å². The molecule has 1 aliphatic heterocycles. The molecule has 1 aliphatic rings. The number of hydrogen-bond donors (Lipinski definition) is 0. The van der Waals surface area contributed by atoms with Crippen LogP contribution in [0.5, 0.6) is 11.5 Å². The highest BCUT2D eigenvalue weighted by molar-refractivity contribution is 6.02. The third-order valence-corrected chi connectivity index (χ3v) is 7.18. The van der Waals surface area contributed by atoms with Crippen LogP contribution in [-0.2, 0) is 0 Å². The second-order valence-electron chi connectivity index (χ2n) is 9.38. The fourth-order valence-corrected chi connectivity index (χ4v) is 5.12. The lowest BCUT2D eigenvalue weighted by molar-refractivity contribution is 0.0746. The van der Waals surface area contributed by atoms with Gasteiger partial charge in [0, 0.05) is 49.2 Å². The highest BCUT2D eigenvalue weighted by Crippen LogP contribution is 2.37. The van der Waals surface area contributed by atoms with E-state index in [1.165, 1.54) is 0 Å². The van der Waals surface area contributed by atoms with Crippen molar-refractivity contribution in [1.82, 2.24) is 19.4 Å². The van der Waals surface area contributed by atoms with Crippen LogP contribution in [0.15, 0.2) is 91.4 Å². The van der Waals surface area contributed by atoms with E-state index in [1.807, 2.05) is 65.6 Å². The van der Waals surface area contributed by atoms with E-state index in [2.05, 4.69) is 27.8 Å². The van der Waals surface area contributed by atoms with E-state index in [0.29, 0.717) is 37.5 Å². The first-order chi connectivity index (χ1) is 19.2.